The summed E-state index contributed by atoms with van der Waals surface area (Å²) >= 11 is 9.39. The first-order valence-electron chi connectivity index (χ1n) is 4.42. The molecule has 14 heavy (non-hydrogen) atoms. The molecule has 1 aromatic heterocycles. The Bertz CT molecular complexity index is 476. The summed E-state index contributed by atoms with van der Waals surface area (Å²) in [4.78, 5) is 4.40. The second-order valence-electron chi connectivity index (χ2n) is 3.48. The van der Waals surface area contributed by atoms with Crippen LogP contribution in [0.3, 0.4) is 0 Å². The van der Waals surface area contributed by atoms with Crippen LogP contribution < -0.4 is 0 Å². The van der Waals surface area contributed by atoms with Gasteiger partial charge in [0.15, 0.2) is 4.73 Å². The van der Waals surface area contributed by atoms with Crippen LogP contribution in [0.5, 0.6) is 0 Å². The third-order valence-electron chi connectivity index (χ3n) is 2.12. The highest BCUT2D eigenvalue weighted by Gasteiger charge is 2.10. The lowest BCUT2D eigenvalue weighted by Crippen LogP contribution is -2.00. The minimum absolute atomic E-state index is 0.368. The molecule has 0 saturated carbocycles. The fourth-order valence-electron chi connectivity index (χ4n) is 1.53. The van der Waals surface area contributed by atoms with Crippen molar-refractivity contribution in [2.45, 2.75) is 19.9 Å². The second-order valence-corrected chi connectivity index (χ2v) is 4.62. The Balaban J connectivity index is 2.79. The maximum absolute atomic E-state index is 5.95. The third-order valence-corrected chi connectivity index (χ3v) is 2.92. The zero-order valence-corrected chi connectivity index (χ0v) is 10.3. The van der Waals surface area contributed by atoms with Crippen molar-refractivity contribution in [1.82, 2.24) is 9.55 Å². The van der Waals surface area contributed by atoms with Crippen LogP contribution in [0.25, 0.3) is 11.0 Å². The minimum atomic E-state index is 0.368. The van der Waals surface area contributed by atoms with Crippen LogP contribution in [0.2, 0.25) is 5.02 Å². The molecule has 0 aliphatic heterocycles. The molecule has 0 aliphatic rings. The van der Waals surface area contributed by atoms with Gasteiger partial charge in [0.25, 0.3) is 0 Å². The van der Waals surface area contributed by atoms with E-state index in [4.69, 9.17) is 11.6 Å². The number of imidazole rings is 1. The molecular weight excluding hydrogens is 263 g/mol. The van der Waals surface area contributed by atoms with E-state index in [1.165, 1.54) is 0 Å². The lowest BCUT2D eigenvalue weighted by atomic mass is 10.3. The summed E-state index contributed by atoms with van der Waals surface area (Å²) in [6.45, 7) is 4.24. The topological polar surface area (TPSA) is 17.8 Å². The van der Waals surface area contributed by atoms with Gasteiger partial charge in [0, 0.05) is 11.1 Å². The molecule has 1 aromatic carbocycles. The van der Waals surface area contributed by atoms with Crippen molar-refractivity contribution in [3.63, 3.8) is 0 Å². The number of nitrogens with zero attached hydrogens (tertiary/aromatic N) is 2. The highest BCUT2D eigenvalue weighted by molar-refractivity contribution is 9.10. The molecule has 0 N–H and O–H groups in total. The van der Waals surface area contributed by atoms with E-state index in [9.17, 15) is 0 Å². The molecule has 2 aromatic rings. The predicted octanol–water partition coefficient (Wildman–Crippen LogP) is 4.03. The normalized spacial score (nSPS) is 11.5. The Hall–Kier alpha value is -0.540. The number of aromatic nitrogens is 2. The van der Waals surface area contributed by atoms with Crippen LogP contribution in [0.4, 0.5) is 0 Å². The van der Waals surface area contributed by atoms with Crippen molar-refractivity contribution in [3.05, 3.63) is 28.0 Å². The van der Waals surface area contributed by atoms with Crippen molar-refractivity contribution in [3.8, 4) is 0 Å². The fraction of sp³-hybridized carbons (Fsp3) is 0.300. The van der Waals surface area contributed by atoms with Gasteiger partial charge in [-0.1, -0.05) is 11.6 Å². The van der Waals surface area contributed by atoms with Crippen LogP contribution in [-0.2, 0) is 0 Å². The monoisotopic (exact) mass is 272 g/mol. The zero-order valence-electron chi connectivity index (χ0n) is 7.96. The van der Waals surface area contributed by atoms with E-state index in [-0.39, 0.29) is 0 Å². The first kappa shape index (κ1) is 9.99. The van der Waals surface area contributed by atoms with E-state index in [0.717, 1.165) is 20.8 Å². The van der Waals surface area contributed by atoms with Gasteiger partial charge >= 0.3 is 0 Å². The van der Waals surface area contributed by atoms with E-state index in [2.05, 4.69) is 39.3 Å². The summed E-state index contributed by atoms with van der Waals surface area (Å²) in [6.07, 6.45) is 0. The Morgan fingerprint density at radius 1 is 1.43 bits per heavy atom. The fourth-order valence-corrected chi connectivity index (χ4v) is 2.49. The molecule has 0 unspecified atom stereocenters. The van der Waals surface area contributed by atoms with Gasteiger partial charge in [0.2, 0.25) is 0 Å². The van der Waals surface area contributed by atoms with Crippen molar-refractivity contribution < 1.29 is 0 Å². The van der Waals surface area contributed by atoms with Crippen molar-refractivity contribution in [1.29, 1.82) is 0 Å². The van der Waals surface area contributed by atoms with Gasteiger partial charge in [-0.3, -0.25) is 0 Å². The Kier molecular flexibility index (Phi) is 2.54. The lowest BCUT2D eigenvalue weighted by molar-refractivity contribution is 0.604. The van der Waals surface area contributed by atoms with Crippen molar-refractivity contribution in [2.75, 3.05) is 0 Å². The Labute approximate surface area is 96.0 Å². The molecule has 0 atom stereocenters. The largest absolute Gasteiger partial charge is 0.316 e. The van der Waals surface area contributed by atoms with E-state index in [0.29, 0.717) is 6.04 Å². The summed E-state index contributed by atoms with van der Waals surface area (Å²) in [5, 5.41) is 0.742. The van der Waals surface area contributed by atoms with E-state index in [1.54, 1.807) is 0 Å². The number of rotatable bonds is 1. The van der Waals surface area contributed by atoms with Crippen LogP contribution in [0.15, 0.2) is 22.9 Å². The molecule has 2 rings (SSSR count). The van der Waals surface area contributed by atoms with Gasteiger partial charge in [-0.25, -0.2) is 4.98 Å². The van der Waals surface area contributed by atoms with Crippen molar-refractivity contribution >= 4 is 38.6 Å². The average Bonchev–Trinajstić information content (AvgIpc) is 2.40. The van der Waals surface area contributed by atoms with Gasteiger partial charge in [-0.05, 0) is 48.0 Å². The van der Waals surface area contributed by atoms with Gasteiger partial charge in [0.05, 0.1) is 11.0 Å². The number of hydrogen-bond donors (Lipinski definition) is 0. The number of benzene rings is 1. The predicted molar refractivity (Wildman–Crippen MR) is 62.8 cm³/mol. The van der Waals surface area contributed by atoms with Gasteiger partial charge < -0.3 is 4.57 Å². The molecule has 0 radical (unpaired) electrons. The molecule has 0 bridgehead atoms. The Morgan fingerprint density at radius 3 is 2.79 bits per heavy atom. The lowest BCUT2D eigenvalue weighted by Gasteiger charge is -2.09. The molecule has 0 saturated heterocycles. The maximum Gasteiger partial charge on any atom is 0.178 e. The maximum atomic E-state index is 5.95. The summed E-state index contributed by atoms with van der Waals surface area (Å²) in [5.41, 5.74) is 2.04. The van der Waals surface area contributed by atoms with E-state index < -0.39 is 0 Å². The van der Waals surface area contributed by atoms with Crippen LogP contribution in [-0.4, -0.2) is 9.55 Å². The molecule has 4 heteroatoms. The Morgan fingerprint density at radius 2 is 2.14 bits per heavy atom. The number of fused-ring (bicyclic) bond motifs is 1. The van der Waals surface area contributed by atoms with Crippen LogP contribution >= 0.6 is 27.5 Å². The molecular formula is C10H10BrClN2. The highest BCUT2D eigenvalue weighted by Crippen LogP contribution is 2.26. The van der Waals surface area contributed by atoms with Crippen LogP contribution in [0, 0.1) is 0 Å². The standard InChI is InChI=1S/C10H10BrClN2/c1-6(2)14-9-5-7(12)3-4-8(9)13-10(14)11/h3-6H,1-2H3. The number of halogens is 2. The molecule has 0 aliphatic carbocycles. The highest BCUT2D eigenvalue weighted by atomic mass is 79.9. The van der Waals surface area contributed by atoms with E-state index in [1.807, 2.05) is 18.2 Å². The van der Waals surface area contributed by atoms with Crippen molar-refractivity contribution in [2.24, 2.45) is 0 Å². The third kappa shape index (κ3) is 1.55. The second kappa shape index (κ2) is 3.55. The molecule has 0 fully saturated rings. The quantitative estimate of drug-likeness (QED) is 0.767. The molecule has 2 nitrogen and oxygen atoms in total. The average molecular weight is 274 g/mol. The van der Waals surface area contributed by atoms with Crippen LogP contribution in [0.1, 0.15) is 19.9 Å². The molecule has 0 amide bonds. The molecule has 74 valence electrons. The summed E-state index contributed by atoms with van der Waals surface area (Å²) < 4.78 is 2.96. The zero-order chi connectivity index (χ0) is 10.3. The van der Waals surface area contributed by atoms with Gasteiger partial charge in [-0.15, -0.1) is 0 Å². The smallest absolute Gasteiger partial charge is 0.178 e. The molecule has 0 spiro atoms. The van der Waals surface area contributed by atoms with Gasteiger partial charge in [-0.2, -0.15) is 0 Å². The SMILES string of the molecule is CC(C)n1c(Br)nc2ccc(Cl)cc21. The summed E-state index contributed by atoms with van der Waals surface area (Å²) in [7, 11) is 0. The minimum Gasteiger partial charge on any atom is -0.316 e. The van der Waals surface area contributed by atoms with Gasteiger partial charge in [0.1, 0.15) is 0 Å². The first-order chi connectivity index (χ1) is 6.59. The molecule has 1 heterocycles. The number of hydrogen-bond acceptors (Lipinski definition) is 1. The summed E-state index contributed by atoms with van der Waals surface area (Å²) in [6, 6.07) is 6.09. The van der Waals surface area contributed by atoms with E-state index >= 15 is 0 Å². The summed E-state index contributed by atoms with van der Waals surface area (Å²) in [5.74, 6) is 0. The first-order valence-corrected chi connectivity index (χ1v) is 5.59.